The molecule has 0 aliphatic rings. The Kier molecular flexibility index (Phi) is 4.23. The number of nitrogens with zero attached hydrogens (tertiary/aromatic N) is 5. The molecule has 0 saturated heterocycles. The minimum absolute atomic E-state index is 0.0852. The van der Waals surface area contributed by atoms with Crippen molar-refractivity contribution in [3.8, 4) is 0 Å². The number of hydrogen-bond donors (Lipinski definition) is 1. The maximum Gasteiger partial charge on any atom is 0.0965 e. The van der Waals surface area contributed by atoms with Gasteiger partial charge in [0, 0.05) is 19.1 Å². The third-order valence-electron chi connectivity index (χ3n) is 3.10. The lowest BCUT2D eigenvalue weighted by molar-refractivity contribution is 0.421. The van der Waals surface area contributed by atoms with Gasteiger partial charge in [-0.1, -0.05) is 12.1 Å². The summed E-state index contributed by atoms with van der Waals surface area (Å²) in [7, 11) is 1.97. The third-order valence-corrected chi connectivity index (χ3v) is 3.10. The van der Waals surface area contributed by atoms with Gasteiger partial charge < -0.3 is 5.32 Å². The molecule has 2 aromatic heterocycles. The molecule has 0 unspecified atom stereocenters. The van der Waals surface area contributed by atoms with Crippen molar-refractivity contribution >= 4 is 0 Å². The van der Waals surface area contributed by atoms with Crippen LogP contribution in [-0.2, 0) is 26.6 Å². The Labute approximate surface area is 120 Å². The summed E-state index contributed by atoms with van der Waals surface area (Å²) in [4.78, 5) is 0. The Morgan fingerprint density at radius 1 is 1.25 bits per heavy atom. The fraction of sp³-hybridized carbons (Fsp3) is 0.643. The second-order valence-electron chi connectivity index (χ2n) is 6.12. The van der Waals surface area contributed by atoms with Crippen LogP contribution in [0.5, 0.6) is 0 Å². The van der Waals surface area contributed by atoms with Gasteiger partial charge in [-0.25, -0.2) is 4.68 Å². The molecule has 0 aliphatic carbocycles. The van der Waals surface area contributed by atoms with Gasteiger partial charge in [0.25, 0.3) is 0 Å². The van der Waals surface area contributed by atoms with Gasteiger partial charge in [-0.05, 0) is 33.3 Å². The second kappa shape index (κ2) is 5.75. The standard InChI is InChI=1S/C14H24N6/c1-6-11-7-13(19(5)17-11)10-20-9-12(16-18-20)8-15-14(2,3)4/h7,9,15H,6,8,10H2,1-5H3. The fourth-order valence-corrected chi connectivity index (χ4v) is 1.91. The summed E-state index contributed by atoms with van der Waals surface area (Å²) >= 11 is 0. The van der Waals surface area contributed by atoms with E-state index in [0.717, 1.165) is 30.0 Å². The highest BCUT2D eigenvalue weighted by molar-refractivity contribution is 5.10. The predicted molar refractivity (Wildman–Crippen MR) is 78.3 cm³/mol. The van der Waals surface area contributed by atoms with E-state index in [1.807, 2.05) is 22.6 Å². The van der Waals surface area contributed by atoms with E-state index >= 15 is 0 Å². The summed E-state index contributed by atoms with van der Waals surface area (Å²) in [6.45, 7) is 9.96. The first-order valence-corrected chi connectivity index (χ1v) is 7.03. The molecule has 0 bridgehead atoms. The summed E-state index contributed by atoms with van der Waals surface area (Å²) in [6.07, 6.45) is 2.93. The summed E-state index contributed by atoms with van der Waals surface area (Å²) in [5.74, 6) is 0. The fourth-order valence-electron chi connectivity index (χ4n) is 1.91. The molecule has 2 aromatic rings. The van der Waals surface area contributed by atoms with Crippen molar-refractivity contribution in [2.24, 2.45) is 7.05 Å². The lowest BCUT2D eigenvalue weighted by Gasteiger charge is -2.19. The number of aryl methyl sites for hydroxylation is 2. The summed E-state index contributed by atoms with van der Waals surface area (Å²) < 4.78 is 3.77. The average molecular weight is 276 g/mol. The van der Waals surface area contributed by atoms with Crippen molar-refractivity contribution in [2.45, 2.75) is 52.7 Å². The minimum Gasteiger partial charge on any atom is -0.306 e. The highest BCUT2D eigenvalue weighted by atomic mass is 15.4. The van der Waals surface area contributed by atoms with Crippen molar-refractivity contribution in [3.63, 3.8) is 0 Å². The lowest BCUT2D eigenvalue weighted by Crippen LogP contribution is -2.35. The largest absolute Gasteiger partial charge is 0.306 e. The molecular weight excluding hydrogens is 252 g/mol. The zero-order chi connectivity index (χ0) is 14.8. The number of nitrogens with one attached hydrogen (secondary N) is 1. The Bertz CT molecular complexity index is 560. The molecule has 0 spiro atoms. The van der Waals surface area contributed by atoms with Gasteiger partial charge in [-0.2, -0.15) is 5.10 Å². The third kappa shape index (κ3) is 3.90. The molecule has 2 rings (SSSR count). The lowest BCUT2D eigenvalue weighted by atomic mass is 10.1. The quantitative estimate of drug-likeness (QED) is 0.899. The molecule has 0 saturated carbocycles. The SMILES string of the molecule is CCc1cc(Cn2cc(CNC(C)(C)C)nn2)n(C)n1. The molecule has 1 N–H and O–H groups in total. The normalized spacial score (nSPS) is 12.1. The molecule has 6 nitrogen and oxygen atoms in total. The van der Waals surface area contributed by atoms with Crippen molar-refractivity contribution < 1.29 is 0 Å². The van der Waals surface area contributed by atoms with Crippen LogP contribution in [0.2, 0.25) is 0 Å². The first-order chi connectivity index (χ1) is 9.37. The van der Waals surface area contributed by atoms with Crippen LogP contribution in [0.1, 0.15) is 44.8 Å². The van der Waals surface area contributed by atoms with E-state index in [1.54, 1.807) is 0 Å². The van der Waals surface area contributed by atoms with Crippen molar-refractivity contribution in [1.29, 1.82) is 0 Å². The van der Waals surface area contributed by atoms with Gasteiger partial charge in [0.2, 0.25) is 0 Å². The topological polar surface area (TPSA) is 60.6 Å². The van der Waals surface area contributed by atoms with Crippen LogP contribution >= 0.6 is 0 Å². The van der Waals surface area contributed by atoms with E-state index in [1.165, 1.54) is 0 Å². The number of hydrogen-bond acceptors (Lipinski definition) is 4. The van der Waals surface area contributed by atoms with E-state index in [9.17, 15) is 0 Å². The zero-order valence-corrected chi connectivity index (χ0v) is 13.0. The van der Waals surface area contributed by atoms with E-state index in [4.69, 9.17) is 0 Å². The number of aromatic nitrogens is 5. The van der Waals surface area contributed by atoms with Crippen LogP contribution < -0.4 is 5.32 Å². The molecule has 20 heavy (non-hydrogen) atoms. The molecule has 0 radical (unpaired) electrons. The second-order valence-corrected chi connectivity index (χ2v) is 6.12. The summed E-state index contributed by atoms with van der Waals surface area (Å²) in [5.41, 5.74) is 3.29. The summed E-state index contributed by atoms with van der Waals surface area (Å²) in [6, 6.07) is 2.12. The van der Waals surface area contributed by atoms with E-state index in [-0.39, 0.29) is 5.54 Å². The van der Waals surface area contributed by atoms with Crippen molar-refractivity contribution in [3.05, 3.63) is 29.3 Å². The molecule has 0 aliphatic heterocycles. The first-order valence-electron chi connectivity index (χ1n) is 7.03. The van der Waals surface area contributed by atoms with Crippen molar-refractivity contribution in [2.75, 3.05) is 0 Å². The smallest absolute Gasteiger partial charge is 0.0965 e. The van der Waals surface area contributed by atoms with Crippen LogP contribution in [0.4, 0.5) is 0 Å². The molecule has 0 amide bonds. The van der Waals surface area contributed by atoms with Gasteiger partial charge in [0.05, 0.1) is 29.8 Å². The first kappa shape index (κ1) is 14.7. The molecular formula is C14H24N6. The highest BCUT2D eigenvalue weighted by Gasteiger charge is 2.11. The Balaban J connectivity index is 2.00. The van der Waals surface area contributed by atoms with Crippen molar-refractivity contribution in [1.82, 2.24) is 30.1 Å². The molecule has 0 fully saturated rings. The van der Waals surface area contributed by atoms with Gasteiger partial charge >= 0.3 is 0 Å². The van der Waals surface area contributed by atoms with E-state index in [2.05, 4.69) is 54.5 Å². The monoisotopic (exact) mass is 276 g/mol. The van der Waals surface area contributed by atoms with Gasteiger partial charge in [-0.15, -0.1) is 5.10 Å². The number of rotatable bonds is 5. The molecule has 2 heterocycles. The van der Waals surface area contributed by atoms with Gasteiger partial charge in [0.1, 0.15) is 0 Å². The van der Waals surface area contributed by atoms with Gasteiger partial charge in [0.15, 0.2) is 0 Å². The molecule has 0 atom stereocenters. The zero-order valence-electron chi connectivity index (χ0n) is 13.0. The Morgan fingerprint density at radius 2 is 2.00 bits per heavy atom. The molecule has 6 heteroatoms. The van der Waals surface area contributed by atoms with Crippen LogP contribution in [0, 0.1) is 0 Å². The van der Waals surface area contributed by atoms with E-state index < -0.39 is 0 Å². The highest BCUT2D eigenvalue weighted by Crippen LogP contribution is 2.07. The van der Waals surface area contributed by atoms with Crippen LogP contribution in [0.3, 0.4) is 0 Å². The minimum atomic E-state index is 0.0852. The summed E-state index contributed by atoms with van der Waals surface area (Å²) in [5, 5.41) is 16.2. The van der Waals surface area contributed by atoms with Crippen LogP contribution in [0.25, 0.3) is 0 Å². The van der Waals surface area contributed by atoms with Crippen LogP contribution in [0.15, 0.2) is 12.3 Å². The average Bonchev–Trinajstić information content (AvgIpc) is 2.94. The van der Waals surface area contributed by atoms with E-state index in [0.29, 0.717) is 6.54 Å². The Hall–Kier alpha value is -1.69. The predicted octanol–water partition coefficient (Wildman–Crippen LogP) is 1.51. The van der Waals surface area contributed by atoms with Gasteiger partial charge in [-0.3, -0.25) is 4.68 Å². The molecule has 110 valence electrons. The maximum atomic E-state index is 4.44. The molecule has 0 aromatic carbocycles. The van der Waals surface area contributed by atoms with Crippen LogP contribution in [-0.4, -0.2) is 30.3 Å². The maximum absolute atomic E-state index is 4.44. The Morgan fingerprint density at radius 3 is 2.60 bits per heavy atom.